The fourth-order valence-corrected chi connectivity index (χ4v) is 3.85. The van der Waals surface area contributed by atoms with E-state index in [-0.39, 0.29) is 0 Å². The molecule has 0 saturated carbocycles. The number of benzene rings is 1. The topological polar surface area (TPSA) is 49.9 Å². The minimum absolute atomic E-state index is 0.312. The molecule has 1 aromatic rings. The average Bonchev–Trinajstić information content (AvgIpc) is 2.81. The number of hydrogen-bond acceptors (Lipinski definition) is 4. The van der Waals surface area contributed by atoms with E-state index in [1.54, 1.807) is 38.4 Å². The van der Waals surface area contributed by atoms with Gasteiger partial charge in [0.05, 0.1) is 12.0 Å². The van der Waals surface area contributed by atoms with Gasteiger partial charge in [0, 0.05) is 20.1 Å². The summed E-state index contributed by atoms with van der Waals surface area (Å²) in [5, 5.41) is 0. The number of nitrogens with zero attached hydrogens (tertiary/aromatic N) is 2. The molecule has 124 valence electrons. The van der Waals surface area contributed by atoms with Crippen LogP contribution in [0.4, 0.5) is 0 Å². The molecule has 5 nitrogen and oxygen atoms in total. The number of rotatable bonds is 6. The Kier molecular flexibility index (Phi) is 6.23. The zero-order valence-corrected chi connectivity index (χ0v) is 14.3. The van der Waals surface area contributed by atoms with Crippen molar-refractivity contribution in [2.75, 3.05) is 40.3 Å². The number of methoxy groups -OCH3 is 1. The molecule has 22 heavy (non-hydrogen) atoms. The van der Waals surface area contributed by atoms with E-state index in [0.29, 0.717) is 17.2 Å². The minimum Gasteiger partial charge on any atom is -0.497 e. The molecule has 0 amide bonds. The van der Waals surface area contributed by atoms with Gasteiger partial charge in [-0.25, -0.2) is 8.42 Å². The quantitative estimate of drug-likeness (QED) is 0.804. The van der Waals surface area contributed by atoms with E-state index in [1.807, 2.05) is 0 Å². The van der Waals surface area contributed by atoms with E-state index in [2.05, 4.69) is 4.90 Å². The average molecular weight is 326 g/mol. The Labute approximate surface area is 133 Å². The predicted molar refractivity (Wildman–Crippen MR) is 87.7 cm³/mol. The van der Waals surface area contributed by atoms with Gasteiger partial charge in [0.15, 0.2) is 0 Å². The smallest absolute Gasteiger partial charge is 0.242 e. The molecule has 1 heterocycles. The highest BCUT2D eigenvalue weighted by molar-refractivity contribution is 7.89. The second-order valence-electron chi connectivity index (χ2n) is 5.76. The molecule has 0 aliphatic carbocycles. The standard InChI is InChI=1S/C16H26N2O3S/c1-17(13-14-18-11-5-3-4-6-12-18)22(19,20)16-9-7-15(21-2)8-10-16/h7-10H,3-6,11-14H2,1-2H3. The highest BCUT2D eigenvalue weighted by Gasteiger charge is 2.21. The lowest BCUT2D eigenvalue weighted by Crippen LogP contribution is -2.36. The van der Waals surface area contributed by atoms with Crippen LogP contribution < -0.4 is 4.74 Å². The van der Waals surface area contributed by atoms with Crippen molar-refractivity contribution in [1.82, 2.24) is 9.21 Å². The van der Waals surface area contributed by atoms with E-state index >= 15 is 0 Å². The maximum absolute atomic E-state index is 12.5. The van der Waals surface area contributed by atoms with Crippen LogP contribution in [0.1, 0.15) is 25.7 Å². The summed E-state index contributed by atoms with van der Waals surface area (Å²) in [7, 11) is -0.206. The van der Waals surface area contributed by atoms with Crippen LogP contribution in [0.2, 0.25) is 0 Å². The molecule has 0 bridgehead atoms. The highest BCUT2D eigenvalue weighted by Crippen LogP contribution is 2.18. The Balaban J connectivity index is 1.95. The van der Waals surface area contributed by atoms with Gasteiger partial charge in [-0.2, -0.15) is 4.31 Å². The van der Waals surface area contributed by atoms with Crippen molar-refractivity contribution in [1.29, 1.82) is 0 Å². The summed E-state index contributed by atoms with van der Waals surface area (Å²) >= 11 is 0. The maximum atomic E-state index is 12.5. The summed E-state index contributed by atoms with van der Waals surface area (Å²) in [6.07, 6.45) is 5.01. The maximum Gasteiger partial charge on any atom is 0.242 e. The van der Waals surface area contributed by atoms with Crippen LogP contribution in [0, 0.1) is 0 Å². The van der Waals surface area contributed by atoms with Gasteiger partial charge in [0.1, 0.15) is 5.75 Å². The van der Waals surface area contributed by atoms with Gasteiger partial charge in [-0.1, -0.05) is 12.8 Å². The van der Waals surface area contributed by atoms with Crippen molar-refractivity contribution in [3.05, 3.63) is 24.3 Å². The van der Waals surface area contributed by atoms with Crippen molar-refractivity contribution in [2.45, 2.75) is 30.6 Å². The molecular weight excluding hydrogens is 300 g/mol. The molecular formula is C16H26N2O3S. The van der Waals surface area contributed by atoms with Crippen molar-refractivity contribution in [2.24, 2.45) is 0 Å². The molecule has 0 unspecified atom stereocenters. The number of likely N-dealkylation sites (N-methyl/N-ethyl adjacent to an activating group) is 1. The van der Waals surface area contributed by atoms with Gasteiger partial charge in [-0.05, 0) is 50.2 Å². The van der Waals surface area contributed by atoms with E-state index in [1.165, 1.54) is 30.0 Å². The molecule has 0 spiro atoms. The number of ether oxygens (including phenoxy) is 1. The first-order chi connectivity index (χ1) is 10.5. The van der Waals surface area contributed by atoms with Crippen molar-refractivity contribution < 1.29 is 13.2 Å². The van der Waals surface area contributed by atoms with E-state index in [0.717, 1.165) is 19.6 Å². The van der Waals surface area contributed by atoms with Crippen LogP contribution in [0.25, 0.3) is 0 Å². The second kappa shape index (κ2) is 7.94. The molecule has 0 radical (unpaired) electrons. The van der Waals surface area contributed by atoms with Crippen LogP contribution in [0.15, 0.2) is 29.2 Å². The fourth-order valence-electron chi connectivity index (χ4n) is 2.69. The summed E-state index contributed by atoms with van der Waals surface area (Å²) in [5.74, 6) is 0.658. The molecule has 1 aromatic carbocycles. The Morgan fingerprint density at radius 2 is 1.68 bits per heavy atom. The van der Waals surface area contributed by atoms with Crippen molar-refractivity contribution >= 4 is 10.0 Å². The minimum atomic E-state index is -3.42. The summed E-state index contributed by atoms with van der Waals surface area (Å²) in [6.45, 7) is 3.48. The van der Waals surface area contributed by atoms with Crippen LogP contribution >= 0.6 is 0 Å². The molecule has 2 rings (SSSR count). The van der Waals surface area contributed by atoms with E-state index < -0.39 is 10.0 Å². The van der Waals surface area contributed by atoms with Gasteiger partial charge in [0.25, 0.3) is 0 Å². The van der Waals surface area contributed by atoms with Crippen LogP contribution in [-0.4, -0.2) is 58.0 Å². The molecule has 1 aliphatic heterocycles. The van der Waals surface area contributed by atoms with Crippen molar-refractivity contribution in [3.63, 3.8) is 0 Å². The van der Waals surface area contributed by atoms with E-state index in [4.69, 9.17) is 4.74 Å². The Morgan fingerprint density at radius 3 is 2.23 bits per heavy atom. The van der Waals surface area contributed by atoms with Crippen LogP contribution in [-0.2, 0) is 10.0 Å². The summed E-state index contributed by atoms with van der Waals surface area (Å²) < 4.78 is 31.6. The molecule has 1 fully saturated rings. The van der Waals surface area contributed by atoms with Crippen LogP contribution in [0.5, 0.6) is 5.75 Å². The summed E-state index contributed by atoms with van der Waals surface area (Å²) in [4.78, 5) is 2.68. The Bertz CT molecular complexity index is 549. The summed E-state index contributed by atoms with van der Waals surface area (Å²) in [6, 6.07) is 6.54. The zero-order valence-electron chi connectivity index (χ0n) is 13.5. The SMILES string of the molecule is COc1ccc(S(=O)(=O)N(C)CCN2CCCCCC2)cc1. The lowest BCUT2D eigenvalue weighted by atomic mass is 10.2. The number of likely N-dealkylation sites (tertiary alicyclic amines) is 1. The third-order valence-corrected chi connectivity index (χ3v) is 6.07. The third kappa shape index (κ3) is 4.44. The largest absolute Gasteiger partial charge is 0.497 e. The normalized spacial score (nSPS) is 17.4. The molecule has 6 heteroatoms. The molecule has 0 atom stereocenters. The Hall–Kier alpha value is -1.11. The van der Waals surface area contributed by atoms with E-state index in [9.17, 15) is 8.42 Å². The zero-order chi connectivity index (χ0) is 16.0. The number of hydrogen-bond donors (Lipinski definition) is 0. The Morgan fingerprint density at radius 1 is 1.09 bits per heavy atom. The van der Waals surface area contributed by atoms with Gasteiger partial charge >= 0.3 is 0 Å². The third-order valence-electron chi connectivity index (χ3n) is 4.20. The lowest BCUT2D eigenvalue weighted by Gasteiger charge is -2.23. The molecule has 0 aromatic heterocycles. The summed E-state index contributed by atoms with van der Waals surface area (Å²) in [5.41, 5.74) is 0. The fraction of sp³-hybridized carbons (Fsp3) is 0.625. The van der Waals surface area contributed by atoms with Gasteiger partial charge in [0.2, 0.25) is 10.0 Å². The van der Waals surface area contributed by atoms with Gasteiger partial charge in [-0.15, -0.1) is 0 Å². The highest BCUT2D eigenvalue weighted by atomic mass is 32.2. The first kappa shape index (κ1) is 17.2. The number of sulfonamides is 1. The first-order valence-electron chi connectivity index (χ1n) is 7.87. The predicted octanol–water partition coefficient (Wildman–Crippen LogP) is 2.19. The lowest BCUT2D eigenvalue weighted by molar-refractivity contribution is 0.267. The van der Waals surface area contributed by atoms with Crippen LogP contribution in [0.3, 0.4) is 0 Å². The first-order valence-corrected chi connectivity index (χ1v) is 9.31. The molecule has 0 N–H and O–H groups in total. The second-order valence-corrected chi connectivity index (χ2v) is 7.80. The monoisotopic (exact) mass is 326 g/mol. The molecule has 1 saturated heterocycles. The van der Waals surface area contributed by atoms with Gasteiger partial charge < -0.3 is 9.64 Å². The molecule has 1 aliphatic rings. The van der Waals surface area contributed by atoms with Gasteiger partial charge in [-0.3, -0.25) is 0 Å². The van der Waals surface area contributed by atoms with Crippen molar-refractivity contribution in [3.8, 4) is 5.75 Å².